The third-order valence-corrected chi connectivity index (χ3v) is 8.52. The van der Waals surface area contributed by atoms with Gasteiger partial charge in [0.2, 0.25) is 5.91 Å². The van der Waals surface area contributed by atoms with E-state index in [0.29, 0.717) is 12.8 Å². The number of carbonyl (C=O) groups is 1. The minimum atomic E-state index is -4.32. The molecule has 3 N–H and O–H groups in total. The number of rotatable bonds is 31. The standard InChI is InChI=1S/C38H67NO5S/c1-3-5-7-9-11-13-15-16-17-18-19-20-21-22-24-26-28-30-32-34-38(41)39-36(35-45(42,43)44)37(40)33-31-29-27-25-23-14-12-10-8-6-4-2/h5,7,11,13,16-17,19-20,22,24,36-37,40H,3-4,6,8-10,12,14-15,18,21,23,25-35H2,1-2H3,(H,39,41)(H,42,43,44)/b7-5-,13-11-,17-16-,20-19-,24-22-. The molecule has 0 rings (SSSR count). The van der Waals surface area contributed by atoms with Crippen LogP contribution in [0.4, 0.5) is 0 Å². The molecule has 6 nitrogen and oxygen atoms in total. The van der Waals surface area contributed by atoms with Gasteiger partial charge in [-0.15, -0.1) is 0 Å². The normalized spacial score (nSPS) is 14.1. The zero-order chi connectivity index (χ0) is 33.3. The van der Waals surface area contributed by atoms with Gasteiger partial charge in [-0.2, -0.15) is 8.42 Å². The highest BCUT2D eigenvalue weighted by Gasteiger charge is 2.26. The molecular formula is C38H67NO5S. The Balaban J connectivity index is 4.03. The summed E-state index contributed by atoms with van der Waals surface area (Å²) < 4.78 is 32.4. The molecule has 0 bridgehead atoms. The van der Waals surface area contributed by atoms with Gasteiger partial charge in [0.15, 0.2) is 0 Å². The van der Waals surface area contributed by atoms with Crippen LogP contribution in [-0.2, 0) is 14.9 Å². The van der Waals surface area contributed by atoms with E-state index >= 15 is 0 Å². The van der Waals surface area contributed by atoms with E-state index in [4.69, 9.17) is 0 Å². The zero-order valence-electron chi connectivity index (χ0n) is 28.7. The van der Waals surface area contributed by atoms with Crippen LogP contribution in [0.2, 0.25) is 0 Å². The number of allylic oxidation sites excluding steroid dienone is 10. The minimum absolute atomic E-state index is 0.277. The van der Waals surface area contributed by atoms with Crippen molar-refractivity contribution in [3.05, 3.63) is 60.8 Å². The average Bonchev–Trinajstić information content (AvgIpc) is 3.00. The molecule has 0 aliphatic carbocycles. The molecule has 0 aromatic carbocycles. The number of hydrogen-bond donors (Lipinski definition) is 3. The van der Waals surface area contributed by atoms with Gasteiger partial charge in [-0.25, -0.2) is 0 Å². The van der Waals surface area contributed by atoms with Crippen molar-refractivity contribution in [3.8, 4) is 0 Å². The van der Waals surface area contributed by atoms with E-state index in [1.165, 1.54) is 51.4 Å². The Morgan fingerprint density at radius 3 is 1.56 bits per heavy atom. The Morgan fingerprint density at radius 1 is 0.622 bits per heavy atom. The molecule has 1 amide bonds. The lowest BCUT2D eigenvalue weighted by Crippen LogP contribution is -2.47. The number of aliphatic hydroxyl groups is 1. The Labute approximate surface area is 277 Å². The van der Waals surface area contributed by atoms with Gasteiger partial charge in [-0.3, -0.25) is 9.35 Å². The molecule has 0 heterocycles. The molecule has 7 heteroatoms. The van der Waals surface area contributed by atoms with E-state index in [1.807, 2.05) is 0 Å². The first-order valence-electron chi connectivity index (χ1n) is 18.0. The van der Waals surface area contributed by atoms with Gasteiger partial charge in [0.1, 0.15) is 0 Å². The largest absolute Gasteiger partial charge is 0.391 e. The van der Waals surface area contributed by atoms with Crippen molar-refractivity contribution < 1.29 is 22.9 Å². The number of hydrogen-bond acceptors (Lipinski definition) is 4. The fraction of sp³-hybridized carbons (Fsp3) is 0.711. The van der Waals surface area contributed by atoms with Crippen LogP contribution in [0.1, 0.15) is 155 Å². The summed E-state index contributed by atoms with van der Waals surface area (Å²) >= 11 is 0. The molecule has 260 valence electrons. The Morgan fingerprint density at radius 2 is 1.07 bits per heavy atom. The first kappa shape index (κ1) is 43.0. The second kappa shape index (κ2) is 32.0. The predicted molar refractivity (Wildman–Crippen MR) is 193 cm³/mol. The van der Waals surface area contributed by atoms with Crippen LogP contribution in [-0.4, -0.2) is 41.9 Å². The molecule has 0 aromatic rings. The van der Waals surface area contributed by atoms with Gasteiger partial charge in [0.25, 0.3) is 10.1 Å². The number of amides is 1. The summed E-state index contributed by atoms with van der Waals surface area (Å²) in [4.78, 5) is 12.5. The summed E-state index contributed by atoms with van der Waals surface area (Å²) in [6.45, 7) is 4.37. The van der Waals surface area contributed by atoms with Gasteiger partial charge >= 0.3 is 0 Å². The molecule has 0 aliphatic heterocycles. The molecule has 2 unspecified atom stereocenters. The van der Waals surface area contributed by atoms with Crippen molar-refractivity contribution in [3.63, 3.8) is 0 Å². The monoisotopic (exact) mass is 649 g/mol. The topological polar surface area (TPSA) is 104 Å². The van der Waals surface area contributed by atoms with Crippen molar-refractivity contribution in [2.45, 2.75) is 167 Å². The van der Waals surface area contributed by atoms with E-state index in [-0.39, 0.29) is 12.3 Å². The van der Waals surface area contributed by atoms with Crippen LogP contribution in [0.3, 0.4) is 0 Å². The first-order valence-corrected chi connectivity index (χ1v) is 19.6. The molecule has 0 aromatic heterocycles. The Hall–Kier alpha value is -1.96. The lowest BCUT2D eigenvalue weighted by molar-refractivity contribution is -0.122. The van der Waals surface area contributed by atoms with E-state index in [1.54, 1.807) is 0 Å². The molecule has 0 spiro atoms. The Kier molecular flexibility index (Phi) is 30.6. The maximum absolute atomic E-state index is 12.5. The van der Waals surface area contributed by atoms with E-state index in [9.17, 15) is 22.9 Å². The molecule has 0 radical (unpaired) electrons. The summed E-state index contributed by atoms with van der Waals surface area (Å²) in [7, 11) is -4.32. The van der Waals surface area contributed by atoms with Crippen LogP contribution in [0.25, 0.3) is 0 Å². The predicted octanol–water partition coefficient (Wildman–Crippen LogP) is 10.1. The van der Waals surface area contributed by atoms with Crippen LogP contribution in [0.5, 0.6) is 0 Å². The lowest BCUT2D eigenvalue weighted by atomic mass is 10.0. The summed E-state index contributed by atoms with van der Waals surface area (Å²) in [5.74, 6) is -0.946. The highest BCUT2D eigenvalue weighted by molar-refractivity contribution is 7.85. The number of aliphatic hydroxyl groups excluding tert-OH is 1. The van der Waals surface area contributed by atoms with Crippen molar-refractivity contribution >= 4 is 16.0 Å². The maximum atomic E-state index is 12.5. The van der Waals surface area contributed by atoms with Crippen molar-refractivity contribution in [1.82, 2.24) is 5.32 Å². The van der Waals surface area contributed by atoms with Crippen LogP contribution >= 0.6 is 0 Å². The average molecular weight is 650 g/mol. The fourth-order valence-corrected chi connectivity index (χ4v) is 5.83. The van der Waals surface area contributed by atoms with Crippen molar-refractivity contribution in [2.75, 3.05) is 5.75 Å². The van der Waals surface area contributed by atoms with E-state index < -0.39 is 28.0 Å². The highest BCUT2D eigenvalue weighted by atomic mass is 32.2. The van der Waals surface area contributed by atoms with Crippen LogP contribution < -0.4 is 5.32 Å². The van der Waals surface area contributed by atoms with E-state index in [2.05, 4.69) is 79.9 Å². The molecule has 0 saturated heterocycles. The second-order valence-electron chi connectivity index (χ2n) is 12.1. The molecule has 45 heavy (non-hydrogen) atoms. The molecular weight excluding hydrogens is 582 g/mol. The molecule has 0 fully saturated rings. The Bertz CT molecular complexity index is 936. The van der Waals surface area contributed by atoms with E-state index in [0.717, 1.165) is 70.6 Å². The summed E-state index contributed by atoms with van der Waals surface area (Å²) in [6.07, 6.45) is 43.1. The number of unbranched alkanes of at least 4 members (excludes halogenated alkanes) is 13. The minimum Gasteiger partial charge on any atom is -0.391 e. The zero-order valence-corrected chi connectivity index (χ0v) is 29.5. The van der Waals surface area contributed by atoms with Crippen molar-refractivity contribution in [2.24, 2.45) is 0 Å². The van der Waals surface area contributed by atoms with Gasteiger partial charge in [0.05, 0.1) is 17.9 Å². The van der Waals surface area contributed by atoms with Gasteiger partial charge in [0, 0.05) is 6.42 Å². The molecule has 2 atom stereocenters. The lowest BCUT2D eigenvalue weighted by Gasteiger charge is -2.23. The molecule has 0 aliphatic rings. The smallest absolute Gasteiger partial charge is 0.266 e. The summed E-state index contributed by atoms with van der Waals surface area (Å²) in [6, 6.07) is -0.989. The van der Waals surface area contributed by atoms with Gasteiger partial charge < -0.3 is 10.4 Å². The first-order chi connectivity index (χ1) is 21.8. The second-order valence-corrected chi connectivity index (χ2v) is 13.6. The van der Waals surface area contributed by atoms with Gasteiger partial charge in [-0.1, -0.05) is 152 Å². The third-order valence-electron chi connectivity index (χ3n) is 7.74. The third kappa shape index (κ3) is 33.2. The van der Waals surface area contributed by atoms with Gasteiger partial charge in [-0.05, 0) is 57.8 Å². The van der Waals surface area contributed by atoms with Crippen LogP contribution in [0.15, 0.2) is 60.8 Å². The fourth-order valence-electron chi connectivity index (χ4n) is 5.07. The van der Waals surface area contributed by atoms with Crippen LogP contribution in [0, 0.1) is 0 Å². The maximum Gasteiger partial charge on any atom is 0.266 e. The highest BCUT2D eigenvalue weighted by Crippen LogP contribution is 2.14. The molecule has 0 saturated carbocycles. The SMILES string of the molecule is CC/C=C\C/C=C\C/C=C\C/C=C\C/C=C\CCCCCC(=O)NC(CS(=O)(=O)O)C(O)CCCCCCCCCCCCC. The number of nitrogens with one attached hydrogen (secondary N) is 1. The number of carbonyl (C=O) groups excluding carboxylic acids is 1. The quantitative estimate of drug-likeness (QED) is 0.0394. The summed E-state index contributed by atoms with van der Waals surface area (Å²) in [5, 5.41) is 13.3. The van der Waals surface area contributed by atoms with Crippen molar-refractivity contribution in [1.29, 1.82) is 0 Å². The summed E-state index contributed by atoms with van der Waals surface area (Å²) in [5.41, 5.74) is 0.